The van der Waals surface area contributed by atoms with Crippen LogP contribution in [0, 0.1) is 0 Å². The molecule has 16 heteroatoms. The third kappa shape index (κ3) is 6.37. The number of nitrogens with two attached hydrogens (primary N) is 1. The van der Waals surface area contributed by atoms with Gasteiger partial charge in [0.15, 0.2) is 12.4 Å². The first kappa shape index (κ1) is 28.3. The molecule has 0 aromatic heterocycles. The third-order valence-electron chi connectivity index (χ3n) is 6.87. The van der Waals surface area contributed by atoms with Gasteiger partial charge in [-0.15, -0.1) is 0 Å². The molecule has 1 aliphatic carbocycles. The van der Waals surface area contributed by atoms with Crippen LogP contribution < -0.4 is 28.7 Å². The summed E-state index contributed by atoms with van der Waals surface area (Å²) in [4.78, 5) is 11.0. The van der Waals surface area contributed by atoms with E-state index in [1.165, 1.54) is 0 Å². The molecule has 3 aliphatic rings. The van der Waals surface area contributed by atoms with Crippen molar-refractivity contribution in [3.8, 4) is 0 Å². The highest BCUT2D eigenvalue weighted by Crippen LogP contribution is 2.29. The minimum atomic E-state index is -1.36. The van der Waals surface area contributed by atoms with E-state index in [1.807, 2.05) is 0 Å². The summed E-state index contributed by atoms with van der Waals surface area (Å²) < 4.78 is 27.9. The van der Waals surface area contributed by atoms with E-state index in [2.05, 4.69) is 22.9 Å². The van der Waals surface area contributed by atoms with Crippen LogP contribution in [0.2, 0.25) is 0 Å². The highest BCUT2D eigenvalue weighted by molar-refractivity contribution is 5.64. The van der Waals surface area contributed by atoms with Crippen LogP contribution in [-0.4, -0.2) is 130 Å². The van der Waals surface area contributed by atoms with Crippen LogP contribution in [0.3, 0.4) is 0 Å². The Morgan fingerprint density at radius 3 is 1.97 bits per heavy atom. The fourth-order valence-electron chi connectivity index (χ4n) is 4.78. The van der Waals surface area contributed by atoms with Crippen LogP contribution in [-0.2, 0) is 23.7 Å². The summed E-state index contributed by atoms with van der Waals surface area (Å²) in [7, 11) is 0. The fourth-order valence-corrected chi connectivity index (χ4v) is 4.78. The molecule has 16 nitrogen and oxygen atoms in total. The van der Waals surface area contributed by atoms with Crippen molar-refractivity contribution in [3.63, 3.8) is 0 Å². The lowest BCUT2D eigenvalue weighted by Gasteiger charge is -2.45. The Hall–Kier alpha value is -1.25. The van der Waals surface area contributed by atoms with Gasteiger partial charge in [-0.25, -0.2) is 4.79 Å². The highest BCUT2D eigenvalue weighted by Gasteiger charge is 2.53. The van der Waals surface area contributed by atoms with Gasteiger partial charge in [0.25, 0.3) is 0 Å². The van der Waals surface area contributed by atoms with E-state index >= 15 is 0 Å². The molecule has 1 saturated carbocycles. The lowest BCUT2D eigenvalue weighted by atomic mass is 9.84. The van der Waals surface area contributed by atoms with Gasteiger partial charge < -0.3 is 77.9 Å². The largest absolute Gasteiger partial charge is 0.447 e. The van der Waals surface area contributed by atoms with Crippen molar-refractivity contribution in [2.24, 2.45) is 5.73 Å². The maximum Gasteiger partial charge on any atom is 0.404 e. The Labute approximate surface area is 201 Å². The molecule has 0 aromatic carbocycles. The molecule has 0 spiro atoms. The Morgan fingerprint density at radius 1 is 0.829 bits per heavy atom. The van der Waals surface area contributed by atoms with Crippen LogP contribution in [0.15, 0.2) is 0 Å². The van der Waals surface area contributed by atoms with Gasteiger partial charge in [0, 0.05) is 6.42 Å². The quantitative estimate of drug-likeness (QED) is 0.152. The first-order chi connectivity index (χ1) is 16.4. The second-order valence-electron chi connectivity index (χ2n) is 9.55. The topological polar surface area (TPSA) is 301 Å². The molecule has 2 saturated heterocycles. The fraction of sp³-hybridized carbons (Fsp3) is 0.947. The minimum Gasteiger partial charge on any atom is -0.447 e. The van der Waals surface area contributed by atoms with Gasteiger partial charge in [0.1, 0.15) is 67.4 Å². The van der Waals surface area contributed by atoms with Crippen LogP contribution in [0.5, 0.6) is 0 Å². The molecular formula is C19H41N5O11+4. The number of amides is 1. The van der Waals surface area contributed by atoms with Crippen LogP contribution in [0.25, 0.3) is 0 Å². The van der Waals surface area contributed by atoms with Crippen molar-refractivity contribution in [1.82, 2.24) is 0 Å². The first-order valence-corrected chi connectivity index (χ1v) is 11.6. The molecule has 1 amide bonds. The molecule has 204 valence electrons. The zero-order valence-electron chi connectivity index (χ0n) is 19.5. The molecular weight excluding hydrogens is 474 g/mol. The summed E-state index contributed by atoms with van der Waals surface area (Å²) in [5.41, 5.74) is 20.8. The standard InChI is InChI=1S/C19H37N5O11/c20-5-1-6(21)16(14(29)15(5)34-17-7(22)2-8(26)9(3-25)32-17)35-18-13(28)11(23)12(27)10(33-18)4-31-19(24)30/h5-18,25-29H,1-4,20-23H2,(H2,24,30)/p+4/t5-,6+,7+,8-,9+,10+,11-,12+,13+,14-,15+,16-,17+,18+/m0/s1. The Balaban J connectivity index is 1.70. The van der Waals surface area contributed by atoms with E-state index in [4.69, 9.17) is 29.4 Å². The van der Waals surface area contributed by atoms with E-state index in [-0.39, 0.29) is 13.0 Å². The number of carbonyl (C=O) groups excluding carboxylic acids is 1. The average Bonchev–Trinajstić information content (AvgIpc) is 2.79. The molecule has 19 N–H and O–H groups in total. The van der Waals surface area contributed by atoms with E-state index in [9.17, 15) is 30.3 Å². The van der Waals surface area contributed by atoms with Crippen molar-refractivity contribution in [2.45, 2.75) is 98.4 Å². The van der Waals surface area contributed by atoms with Gasteiger partial charge in [0.05, 0.1) is 19.1 Å². The number of aliphatic hydroxyl groups excluding tert-OH is 5. The second-order valence-corrected chi connectivity index (χ2v) is 9.55. The predicted octanol–water partition coefficient (Wildman–Crippen LogP) is -9.03. The zero-order chi connectivity index (χ0) is 26.0. The Bertz CT molecular complexity index is 710. The minimum absolute atomic E-state index is 0.239. The Kier molecular flexibility index (Phi) is 9.60. The van der Waals surface area contributed by atoms with E-state index < -0.39 is 98.3 Å². The number of hydrogen-bond acceptors (Lipinski definition) is 11. The maximum atomic E-state index is 11.1. The van der Waals surface area contributed by atoms with E-state index in [1.54, 1.807) is 0 Å². The first-order valence-electron chi connectivity index (χ1n) is 11.6. The lowest BCUT2D eigenvalue weighted by Crippen LogP contribution is -2.84. The summed E-state index contributed by atoms with van der Waals surface area (Å²) in [6.07, 6.45) is -11.2. The number of primary amides is 1. The maximum absolute atomic E-state index is 11.1. The van der Waals surface area contributed by atoms with Gasteiger partial charge in [-0.3, -0.25) is 0 Å². The number of hydrogen-bond donors (Lipinski definition) is 10. The van der Waals surface area contributed by atoms with Gasteiger partial charge in [-0.1, -0.05) is 0 Å². The molecule has 35 heavy (non-hydrogen) atoms. The summed E-state index contributed by atoms with van der Waals surface area (Å²) in [6.45, 7) is -0.790. The van der Waals surface area contributed by atoms with E-state index in [0.29, 0.717) is 6.42 Å². The van der Waals surface area contributed by atoms with Crippen LogP contribution in [0.4, 0.5) is 4.79 Å². The average molecular weight is 516 g/mol. The second kappa shape index (κ2) is 11.9. The lowest BCUT2D eigenvalue weighted by molar-refractivity contribution is -0.532. The van der Waals surface area contributed by atoms with Gasteiger partial charge in [-0.2, -0.15) is 0 Å². The third-order valence-corrected chi connectivity index (χ3v) is 6.87. The predicted molar refractivity (Wildman–Crippen MR) is 110 cm³/mol. The molecule has 14 atom stereocenters. The number of aliphatic hydroxyl groups is 5. The number of carbonyl (C=O) groups is 1. The van der Waals surface area contributed by atoms with Crippen molar-refractivity contribution < 1.29 is 76.9 Å². The van der Waals surface area contributed by atoms with Crippen molar-refractivity contribution in [3.05, 3.63) is 0 Å². The number of quaternary nitrogens is 4. The van der Waals surface area contributed by atoms with Crippen molar-refractivity contribution in [1.29, 1.82) is 0 Å². The summed E-state index contributed by atoms with van der Waals surface area (Å²) >= 11 is 0. The number of ether oxygens (including phenoxy) is 5. The SMILES string of the molecule is NC(=O)OC[C@H]1O[C@H](O[C@@H]2[C@@H](O)[C@H](O[C@H]3O[C@H](CO)[C@@H](O)C[C@H]3[NH3+])[C@@H]([NH3+])C[C@H]2[NH3+])[C@H](O)[C@@H]([NH3+])[C@@H]1O. The zero-order valence-corrected chi connectivity index (χ0v) is 19.5. The van der Waals surface area contributed by atoms with Crippen LogP contribution >= 0.6 is 0 Å². The molecule has 3 rings (SSSR count). The van der Waals surface area contributed by atoms with Gasteiger partial charge in [-0.05, 0) is 0 Å². The summed E-state index contributed by atoms with van der Waals surface area (Å²) in [5.74, 6) is 0. The molecule has 2 aliphatic heterocycles. The smallest absolute Gasteiger partial charge is 0.404 e. The van der Waals surface area contributed by atoms with Crippen molar-refractivity contribution in [2.75, 3.05) is 13.2 Å². The summed E-state index contributed by atoms with van der Waals surface area (Å²) in [5, 5.41) is 51.5. The van der Waals surface area contributed by atoms with Gasteiger partial charge >= 0.3 is 6.09 Å². The molecule has 0 aromatic rings. The number of rotatable bonds is 7. The van der Waals surface area contributed by atoms with E-state index in [0.717, 1.165) is 0 Å². The van der Waals surface area contributed by atoms with Crippen LogP contribution in [0.1, 0.15) is 12.8 Å². The van der Waals surface area contributed by atoms with Gasteiger partial charge in [0.2, 0.25) is 6.29 Å². The normalized spacial score (nSPS) is 48.9. The molecule has 2 heterocycles. The molecule has 3 fully saturated rings. The molecule has 0 bridgehead atoms. The molecule has 0 radical (unpaired) electrons. The Morgan fingerprint density at radius 2 is 1.40 bits per heavy atom. The monoisotopic (exact) mass is 515 g/mol. The highest BCUT2D eigenvalue weighted by atomic mass is 16.7. The van der Waals surface area contributed by atoms with Crippen molar-refractivity contribution >= 4 is 6.09 Å². The molecule has 0 unspecified atom stereocenters. The summed E-state index contributed by atoms with van der Waals surface area (Å²) in [6, 6.07) is -2.28.